The molecule has 5 heterocycles. The molecule has 14 heteroatoms. The van der Waals surface area contributed by atoms with E-state index in [4.69, 9.17) is 14.0 Å². The predicted octanol–water partition coefficient (Wildman–Crippen LogP) is 5.42. The first-order chi connectivity index (χ1) is 17.8. The van der Waals surface area contributed by atoms with Gasteiger partial charge in [-0.2, -0.15) is 4.98 Å². The van der Waals surface area contributed by atoms with E-state index in [2.05, 4.69) is 19.9 Å². The Morgan fingerprint density at radius 3 is 2.53 bits per heavy atom. The molecule has 3 aromatic rings. The maximum absolute atomic E-state index is 13.5. The molecule has 1 amide bonds. The van der Waals surface area contributed by atoms with Gasteiger partial charge < -0.3 is 23.6 Å². The van der Waals surface area contributed by atoms with Gasteiger partial charge in [0.25, 0.3) is 6.01 Å². The van der Waals surface area contributed by atoms with E-state index in [1.54, 1.807) is 37.2 Å². The zero-order valence-electron chi connectivity index (χ0n) is 21.3. The number of alkyl halides is 3. The van der Waals surface area contributed by atoms with Crippen LogP contribution >= 0.6 is 11.3 Å². The summed E-state index contributed by atoms with van der Waals surface area (Å²) in [6.07, 6.45) is -3.00. The molecule has 204 valence electrons. The number of benzene rings is 1. The Bertz CT molecular complexity index is 1370. The third kappa shape index (κ3) is 4.96. The molecule has 2 aromatic heterocycles. The molecule has 0 aliphatic carbocycles. The molecule has 6 rings (SSSR count). The maximum Gasteiger partial charge on any atom is 0.573 e. The van der Waals surface area contributed by atoms with Gasteiger partial charge in [0, 0.05) is 30.2 Å². The highest BCUT2D eigenvalue weighted by atomic mass is 32.1. The molecule has 1 aromatic carbocycles. The van der Waals surface area contributed by atoms with Crippen LogP contribution in [-0.2, 0) is 9.57 Å². The maximum atomic E-state index is 13.5. The predicted molar refractivity (Wildman–Crippen MR) is 133 cm³/mol. The van der Waals surface area contributed by atoms with Crippen molar-refractivity contribution in [2.75, 3.05) is 25.1 Å². The van der Waals surface area contributed by atoms with Gasteiger partial charge in [-0.1, -0.05) is 5.16 Å². The van der Waals surface area contributed by atoms with Crippen molar-refractivity contribution in [2.24, 2.45) is 5.16 Å². The Labute approximate surface area is 220 Å². The SMILES string of the molecule is CO/N=C(\C)c1cc(-c2nccs2)c2oc(N3CC4CC(C3)N4C(=O)OC(C)(C)C)nc2c1OC(F)(F)F. The summed E-state index contributed by atoms with van der Waals surface area (Å²) < 4.78 is 56.6. The smallest absolute Gasteiger partial charge is 0.444 e. The van der Waals surface area contributed by atoms with Crippen molar-refractivity contribution in [3.05, 3.63) is 23.2 Å². The number of rotatable bonds is 5. The zero-order valence-corrected chi connectivity index (χ0v) is 22.1. The van der Waals surface area contributed by atoms with Gasteiger partial charge in [0.05, 0.1) is 23.4 Å². The summed E-state index contributed by atoms with van der Waals surface area (Å²) in [5.41, 5.74) is 0.00802. The molecule has 3 aliphatic rings. The number of hydrogen-bond donors (Lipinski definition) is 0. The van der Waals surface area contributed by atoms with Crippen LogP contribution in [-0.4, -0.2) is 70.9 Å². The van der Waals surface area contributed by atoms with Gasteiger partial charge >= 0.3 is 12.5 Å². The molecule has 0 radical (unpaired) electrons. The molecular formula is C24H26F3N5O5S. The lowest BCUT2D eigenvalue weighted by atomic mass is 9.88. The minimum atomic E-state index is -4.99. The first-order valence-corrected chi connectivity index (χ1v) is 12.7. The summed E-state index contributed by atoms with van der Waals surface area (Å²) >= 11 is 1.30. The lowest BCUT2D eigenvalue weighted by Crippen LogP contribution is -2.70. The lowest BCUT2D eigenvalue weighted by Gasteiger charge is -2.55. The number of fused-ring (bicyclic) bond motifs is 3. The van der Waals surface area contributed by atoms with Gasteiger partial charge in [-0.25, -0.2) is 9.78 Å². The van der Waals surface area contributed by atoms with Crippen LogP contribution in [0.2, 0.25) is 0 Å². The standard InChI is InChI=1S/C24H26F3N5O5S/c1-12(30-34-5)15-9-16(20-28-6-7-38-20)18-17(19(15)36-24(25,26)27)29-21(35-18)31-10-13-8-14(11-31)32(13)22(33)37-23(2,3)4/h6-7,9,13-14H,8,10-11H2,1-5H3/b30-12+. The molecule has 3 saturated heterocycles. The third-order valence-corrected chi connectivity index (χ3v) is 6.98. The Kier molecular flexibility index (Phi) is 6.40. The van der Waals surface area contributed by atoms with Gasteiger partial charge in [0.2, 0.25) is 0 Å². The summed E-state index contributed by atoms with van der Waals surface area (Å²) in [6, 6.07) is 1.35. The van der Waals surface area contributed by atoms with Crippen molar-refractivity contribution >= 4 is 40.3 Å². The van der Waals surface area contributed by atoms with Gasteiger partial charge in [-0.15, -0.1) is 24.5 Å². The van der Waals surface area contributed by atoms with Gasteiger partial charge in [0.1, 0.15) is 17.7 Å². The van der Waals surface area contributed by atoms with E-state index < -0.39 is 17.7 Å². The van der Waals surface area contributed by atoms with Crippen LogP contribution in [0.25, 0.3) is 21.7 Å². The molecule has 38 heavy (non-hydrogen) atoms. The molecular weight excluding hydrogens is 527 g/mol. The van der Waals surface area contributed by atoms with Crippen LogP contribution in [0.15, 0.2) is 27.2 Å². The Morgan fingerprint density at radius 1 is 1.24 bits per heavy atom. The number of amides is 1. The number of anilines is 1. The molecule has 10 nitrogen and oxygen atoms in total. The largest absolute Gasteiger partial charge is 0.573 e. The highest BCUT2D eigenvalue weighted by Crippen LogP contribution is 2.44. The van der Waals surface area contributed by atoms with E-state index in [0.717, 1.165) is 6.42 Å². The fourth-order valence-electron chi connectivity index (χ4n) is 4.75. The average molecular weight is 554 g/mol. The summed E-state index contributed by atoms with van der Waals surface area (Å²) in [5, 5.41) is 6.09. The summed E-state index contributed by atoms with van der Waals surface area (Å²) in [7, 11) is 1.30. The highest BCUT2D eigenvalue weighted by molar-refractivity contribution is 7.13. The van der Waals surface area contributed by atoms with Crippen molar-refractivity contribution in [1.29, 1.82) is 0 Å². The molecule has 2 atom stereocenters. The van der Waals surface area contributed by atoms with E-state index in [-0.39, 0.29) is 46.6 Å². The van der Waals surface area contributed by atoms with Gasteiger partial charge in [0.15, 0.2) is 16.8 Å². The molecule has 2 bridgehead atoms. The van der Waals surface area contributed by atoms with Crippen molar-refractivity contribution in [2.45, 2.75) is 58.2 Å². The number of hydrogen-bond acceptors (Lipinski definition) is 10. The van der Waals surface area contributed by atoms with E-state index in [0.29, 0.717) is 23.7 Å². The molecule has 3 aliphatic heterocycles. The second-order valence-electron chi connectivity index (χ2n) is 10.1. The second-order valence-corrected chi connectivity index (χ2v) is 10.9. The number of nitrogens with zero attached hydrogens (tertiary/aromatic N) is 5. The number of thiazole rings is 1. The first-order valence-electron chi connectivity index (χ1n) is 11.8. The Hall–Kier alpha value is -3.55. The van der Waals surface area contributed by atoms with E-state index in [9.17, 15) is 18.0 Å². The summed E-state index contributed by atoms with van der Waals surface area (Å²) in [6.45, 7) is 7.70. The van der Waals surface area contributed by atoms with Crippen LogP contribution in [0.1, 0.15) is 39.7 Å². The number of piperazine rings is 1. The number of aromatic nitrogens is 2. The molecule has 0 N–H and O–H groups in total. The topological polar surface area (TPSA) is 103 Å². The number of ether oxygens (including phenoxy) is 2. The van der Waals surface area contributed by atoms with Crippen molar-refractivity contribution in [3.8, 4) is 16.3 Å². The summed E-state index contributed by atoms with van der Waals surface area (Å²) in [5.74, 6) is -0.543. The van der Waals surface area contributed by atoms with E-state index in [1.165, 1.54) is 31.4 Å². The quantitative estimate of drug-likeness (QED) is 0.305. The fraction of sp³-hybridized carbons (Fsp3) is 0.500. The van der Waals surface area contributed by atoms with Crippen LogP contribution in [0.3, 0.4) is 0 Å². The zero-order chi connectivity index (χ0) is 27.4. The van der Waals surface area contributed by atoms with Gasteiger partial charge in [-0.05, 0) is 40.2 Å². The Balaban J connectivity index is 1.56. The molecule has 3 fully saturated rings. The summed E-state index contributed by atoms with van der Waals surface area (Å²) in [4.78, 5) is 29.7. The van der Waals surface area contributed by atoms with Crippen LogP contribution < -0.4 is 9.64 Å². The number of oxazole rings is 1. The average Bonchev–Trinajstić information content (AvgIpc) is 3.48. The minimum Gasteiger partial charge on any atom is -0.444 e. The first kappa shape index (κ1) is 26.1. The van der Waals surface area contributed by atoms with Crippen molar-refractivity contribution in [3.63, 3.8) is 0 Å². The minimum absolute atomic E-state index is 0.0410. The molecule has 0 spiro atoms. The van der Waals surface area contributed by atoms with Crippen LogP contribution in [0.4, 0.5) is 24.0 Å². The van der Waals surface area contributed by atoms with E-state index >= 15 is 0 Å². The molecule has 0 saturated carbocycles. The number of piperidine rings is 1. The normalized spacial score (nSPS) is 19.9. The number of halogens is 3. The van der Waals surface area contributed by atoms with Crippen LogP contribution in [0.5, 0.6) is 5.75 Å². The Morgan fingerprint density at radius 2 is 1.95 bits per heavy atom. The van der Waals surface area contributed by atoms with Crippen LogP contribution in [0, 0.1) is 0 Å². The van der Waals surface area contributed by atoms with Crippen molar-refractivity contribution < 1.29 is 36.7 Å². The third-order valence-electron chi connectivity index (χ3n) is 6.18. The van der Waals surface area contributed by atoms with Gasteiger partial charge in [-0.3, -0.25) is 4.90 Å². The van der Waals surface area contributed by atoms with E-state index in [1.807, 2.05) is 4.90 Å². The number of oxime groups is 1. The monoisotopic (exact) mass is 553 g/mol. The highest BCUT2D eigenvalue weighted by Gasteiger charge is 2.50. The second kappa shape index (κ2) is 9.33. The lowest BCUT2D eigenvalue weighted by molar-refractivity contribution is -0.274. The molecule has 2 unspecified atom stereocenters. The van der Waals surface area contributed by atoms with Crippen molar-refractivity contribution in [1.82, 2.24) is 14.9 Å². The number of carbonyl (C=O) groups excluding carboxylic acids is 1. The number of carbonyl (C=O) groups is 1. The fourth-order valence-corrected chi connectivity index (χ4v) is 5.40.